The van der Waals surface area contributed by atoms with E-state index in [2.05, 4.69) is 26.0 Å². The highest BCUT2D eigenvalue weighted by atomic mass is 35.5. The van der Waals surface area contributed by atoms with E-state index in [4.69, 9.17) is 18.2 Å². The van der Waals surface area contributed by atoms with Crippen molar-refractivity contribution >= 4 is 55.0 Å². The van der Waals surface area contributed by atoms with Crippen LogP contribution in [-0.2, 0) is 12.8 Å². The van der Waals surface area contributed by atoms with Gasteiger partial charge in [0.25, 0.3) is 11.1 Å². The molecule has 2 saturated carbocycles. The number of halogens is 2. The quantitative estimate of drug-likeness (QED) is 0.123. The number of fused-ring (bicyclic) bond motifs is 6. The average molecular weight is 865 g/mol. The molecule has 10 rings (SSSR count). The monoisotopic (exact) mass is 864 g/mol. The normalized spacial score (nSPS) is 18.8. The number of aliphatic hydroxyl groups excluding tert-OH is 2. The zero-order chi connectivity index (χ0) is 44.7. The van der Waals surface area contributed by atoms with E-state index in [-0.39, 0.29) is 23.2 Å². The number of aliphatic hydroxyl groups is 2. The maximum atomic E-state index is 13.5. The topological polar surface area (TPSA) is 160 Å². The highest BCUT2D eigenvalue weighted by Crippen LogP contribution is 2.33. The van der Waals surface area contributed by atoms with Gasteiger partial charge in [0, 0.05) is 23.2 Å². The Kier molecular flexibility index (Phi) is 12.9. The molecule has 2 aliphatic carbocycles. The van der Waals surface area contributed by atoms with Crippen molar-refractivity contribution in [1.82, 2.24) is 29.1 Å². The molecule has 0 amide bonds. The summed E-state index contributed by atoms with van der Waals surface area (Å²) in [5.74, 6) is 0. The Morgan fingerprint density at radius 2 is 1.11 bits per heavy atom. The molecule has 4 aromatic carbocycles. The molecule has 4 atom stereocenters. The number of pyridine rings is 2. The fraction of sp³-hybridized carbons (Fsp3) is 0.300. The lowest BCUT2D eigenvalue weighted by molar-refractivity contribution is 0.0733. The van der Waals surface area contributed by atoms with E-state index in [1.807, 2.05) is 72.8 Å². The third kappa shape index (κ3) is 8.95. The van der Waals surface area contributed by atoms with E-state index in [1.165, 1.54) is 0 Å². The summed E-state index contributed by atoms with van der Waals surface area (Å²) in [7, 11) is -1.00. The molecule has 0 saturated heterocycles. The molecule has 11 nitrogen and oxygen atoms in total. The molecule has 0 radical (unpaired) electrons. The molecule has 8 aromatic rings. The zero-order valence-electron chi connectivity index (χ0n) is 35.6. The lowest BCUT2D eigenvalue weighted by Gasteiger charge is -2.29. The third-order valence-electron chi connectivity index (χ3n) is 12.4. The number of aromatic nitrogens is 6. The minimum atomic E-state index is -1.00. The zero-order valence-corrected chi connectivity index (χ0v) is 35.3. The maximum Gasteiger partial charge on any atom is 0.261 e. The van der Waals surface area contributed by atoms with Crippen LogP contribution in [-0.4, -0.2) is 58.6 Å². The number of rotatable bonds is 6. The standard InChI is InChI=1S/C25H22N4O2.C24H22ClN3O2.CH3F/c26-13-18-10-9-16(14-27-18)11-17-12-21-24(20-6-2-1-5-19(17)20)28-15-29(25(21)31)22-7-3-4-8-23(22)30;25-22-10-9-15(13-26-22)11-16-12-19-23(18-6-2-1-5-17(16)18)27-14-28(24(19)30)20-7-3-4-8-21(20)29;1-2/h1-2,5-6,9-10,12,14-15,22-23,30H,3-4,7-8,11H2;1-2,5-6,9-10,12-14,20-21,29H,3-4,7-8,11H2;1H3/t22-,23-;20-,21-;/m00./s1/i;;1D. The molecule has 2 fully saturated rings. The van der Waals surface area contributed by atoms with E-state index in [0.29, 0.717) is 51.9 Å². The van der Waals surface area contributed by atoms with E-state index >= 15 is 0 Å². The largest absolute Gasteiger partial charge is 0.391 e. The molecule has 0 spiro atoms. The Morgan fingerprint density at radius 1 is 0.667 bits per heavy atom. The highest BCUT2D eigenvalue weighted by Gasteiger charge is 2.28. The van der Waals surface area contributed by atoms with Crippen molar-refractivity contribution in [2.24, 2.45) is 0 Å². The van der Waals surface area contributed by atoms with Crippen LogP contribution in [0.5, 0.6) is 0 Å². The van der Waals surface area contributed by atoms with Crippen LogP contribution >= 0.6 is 11.6 Å². The van der Waals surface area contributed by atoms with Crippen LogP contribution in [0.3, 0.4) is 0 Å². The van der Waals surface area contributed by atoms with Crippen LogP contribution in [0.1, 0.15) is 92.8 Å². The van der Waals surface area contributed by atoms with E-state index in [0.717, 1.165) is 88.7 Å². The van der Waals surface area contributed by atoms with Gasteiger partial charge in [0.05, 0.1) is 67.3 Å². The molecule has 0 unspecified atom stereocenters. The van der Waals surface area contributed by atoms with Crippen LogP contribution in [0.2, 0.25) is 5.15 Å². The van der Waals surface area contributed by atoms with Crippen LogP contribution in [0.15, 0.2) is 120 Å². The molecular formula is C50H47ClFN7O4. The third-order valence-corrected chi connectivity index (χ3v) is 12.6. The molecule has 2 aliphatic rings. The lowest BCUT2D eigenvalue weighted by Crippen LogP contribution is -2.34. The SMILES string of the molecule is N#Cc1ccc(Cc2cc3c(=O)n([C@H]4CCCC[C@@H]4O)cnc3c3ccccc23)cn1.O=c1c2cc(Cc3ccc(Cl)nc3)c3ccccc3c2ncn1[C@H]1CCCC[C@@H]1O.[2H]CF. The van der Waals surface area contributed by atoms with Gasteiger partial charge >= 0.3 is 0 Å². The fourth-order valence-electron chi connectivity index (χ4n) is 9.24. The van der Waals surface area contributed by atoms with Crippen molar-refractivity contribution in [3.05, 3.63) is 164 Å². The molecule has 2 N–H and O–H groups in total. The Bertz CT molecular complexity index is 3100. The van der Waals surface area contributed by atoms with E-state index < -0.39 is 19.4 Å². The number of hydrogen-bond acceptors (Lipinski definition) is 9. The Balaban J connectivity index is 0.000000165. The van der Waals surface area contributed by atoms with E-state index in [9.17, 15) is 24.2 Å². The fourth-order valence-corrected chi connectivity index (χ4v) is 9.35. The lowest BCUT2D eigenvalue weighted by atomic mass is 9.92. The van der Waals surface area contributed by atoms with Crippen molar-refractivity contribution in [2.45, 2.75) is 88.5 Å². The predicted octanol–water partition coefficient (Wildman–Crippen LogP) is 9.13. The van der Waals surface area contributed by atoms with Crippen molar-refractivity contribution in [1.29, 1.82) is 5.26 Å². The molecule has 320 valence electrons. The summed E-state index contributed by atoms with van der Waals surface area (Å²) in [4.78, 5) is 44.6. The maximum absolute atomic E-state index is 13.5. The second-order valence-electron chi connectivity index (χ2n) is 16.2. The van der Waals surface area contributed by atoms with Gasteiger partial charge in [-0.2, -0.15) is 5.26 Å². The van der Waals surface area contributed by atoms with Gasteiger partial charge in [0.2, 0.25) is 0 Å². The van der Waals surface area contributed by atoms with Crippen LogP contribution < -0.4 is 11.1 Å². The molecule has 4 aromatic heterocycles. The summed E-state index contributed by atoms with van der Waals surface area (Å²) in [6.45, 7) is 0. The van der Waals surface area contributed by atoms with E-state index in [1.54, 1.807) is 46.3 Å². The van der Waals surface area contributed by atoms with Crippen molar-refractivity contribution in [3.8, 4) is 6.07 Å². The van der Waals surface area contributed by atoms with Crippen LogP contribution in [0.25, 0.3) is 43.4 Å². The molecule has 63 heavy (non-hydrogen) atoms. The second kappa shape index (κ2) is 19.3. The van der Waals surface area contributed by atoms with Crippen molar-refractivity contribution < 1.29 is 16.0 Å². The first-order chi connectivity index (χ1) is 31.2. The number of nitrogens with zero attached hydrogens (tertiary/aromatic N) is 7. The van der Waals surface area contributed by atoms with Gasteiger partial charge in [-0.25, -0.2) is 19.9 Å². The summed E-state index contributed by atoms with van der Waals surface area (Å²) in [6.07, 6.45) is 13.9. The van der Waals surface area contributed by atoms with Crippen molar-refractivity contribution in [2.75, 3.05) is 7.15 Å². The van der Waals surface area contributed by atoms with Crippen LogP contribution in [0.4, 0.5) is 4.39 Å². The van der Waals surface area contributed by atoms with Gasteiger partial charge in [-0.1, -0.05) is 97.9 Å². The first-order valence-electron chi connectivity index (χ1n) is 21.9. The number of benzene rings is 4. The molecule has 0 bridgehead atoms. The summed E-state index contributed by atoms with van der Waals surface area (Å²) in [6, 6.07) is 28.8. The summed E-state index contributed by atoms with van der Waals surface area (Å²) in [5.41, 5.74) is 5.61. The first kappa shape index (κ1) is 41.9. The number of hydrogen-bond donors (Lipinski definition) is 2. The van der Waals surface area contributed by atoms with Gasteiger partial charge in [0.1, 0.15) is 16.9 Å². The van der Waals surface area contributed by atoms with Gasteiger partial charge in [-0.3, -0.25) is 23.1 Å². The Morgan fingerprint density at radius 3 is 1.52 bits per heavy atom. The smallest absolute Gasteiger partial charge is 0.261 e. The highest BCUT2D eigenvalue weighted by molar-refractivity contribution is 6.29. The Hall–Kier alpha value is -6.39. The first-order valence-corrected chi connectivity index (χ1v) is 21.6. The minimum Gasteiger partial charge on any atom is -0.391 e. The molecule has 0 aliphatic heterocycles. The predicted molar refractivity (Wildman–Crippen MR) is 245 cm³/mol. The number of alkyl halides is 1. The minimum absolute atomic E-state index is 0.0906. The summed E-state index contributed by atoms with van der Waals surface area (Å²) in [5, 5.41) is 35.5. The van der Waals surface area contributed by atoms with Crippen LogP contribution in [0, 0.1) is 11.3 Å². The molecule has 4 heterocycles. The molecular weight excluding hydrogens is 817 g/mol. The second-order valence-corrected chi connectivity index (χ2v) is 16.6. The molecule has 13 heteroatoms. The van der Waals surface area contributed by atoms with Crippen molar-refractivity contribution in [3.63, 3.8) is 0 Å². The summed E-state index contributed by atoms with van der Waals surface area (Å²) >= 11 is 5.93. The average Bonchev–Trinajstić information content (AvgIpc) is 3.32. The van der Waals surface area contributed by atoms with Gasteiger partial charge < -0.3 is 10.2 Å². The summed E-state index contributed by atoms with van der Waals surface area (Å²) < 4.78 is 18.8. The number of nitriles is 1. The van der Waals surface area contributed by atoms with Gasteiger partial charge in [-0.05, 0) is 95.8 Å². The van der Waals surface area contributed by atoms with Gasteiger partial charge in [-0.15, -0.1) is 0 Å². The Labute approximate surface area is 369 Å². The van der Waals surface area contributed by atoms with Gasteiger partial charge in [0.15, 0.2) is 0 Å².